The second-order valence-electron chi connectivity index (χ2n) is 8.09. The van der Waals surface area contributed by atoms with E-state index in [9.17, 15) is 15.1 Å². The summed E-state index contributed by atoms with van der Waals surface area (Å²) in [6.45, 7) is 0.320. The van der Waals surface area contributed by atoms with Gasteiger partial charge in [0.25, 0.3) is 0 Å². The van der Waals surface area contributed by atoms with Gasteiger partial charge in [0.1, 0.15) is 24.4 Å². The zero-order valence-electron chi connectivity index (χ0n) is 19.3. The molecule has 3 aromatic rings. The molecular weight excluding hydrogens is 462 g/mol. The van der Waals surface area contributed by atoms with Crippen molar-refractivity contribution in [3.05, 3.63) is 118 Å². The molecule has 1 saturated heterocycles. The van der Waals surface area contributed by atoms with Crippen molar-refractivity contribution in [1.29, 1.82) is 0 Å². The number of hydrogen-bond acceptors (Lipinski definition) is 7. The summed E-state index contributed by atoms with van der Waals surface area (Å²) < 4.78 is 23.6. The van der Waals surface area contributed by atoms with Gasteiger partial charge < -0.3 is 23.7 Å². The van der Waals surface area contributed by atoms with Crippen molar-refractivity contribution in [3.8, 4) is 0 Å². The van der Waals surface area contributed by atoms with Crippen molar-refractivity contribution in [2.24, 2.45) is 5.11 Å². The predicted molar refractivity (Wildman–Crippen MR) is 130 cm³/mol. The Bertz CT molecular complexity index is 1170. The van der Waals surface area contributed by atoms with Crippen LogP contribution in [0.3, 0.4) is 0 Å². The summed E-state index contributed by atoms with van der Waals surface area (Å²) in [5.41, 5.74) is 11.3. The Kier molecular flexibility index (Phi) is 8.80. The monoisotopic (exact) mass is 487 g/mol. The topological polar surface area (TPSA) is 120 Å². The van der Waals surface area contributed by atoms with E-state index < -0.39 is 36.6 Å². The van der Waals surface area contributed by atoms with Crippen molar-refractivity contribution in [1.82, 2.24) is 0 Å². The minimum absolute atomic E-state index is 0.152. The normalized spacial score (nSPS) is 23.3. The summed E-state index contributed by atoms with van der Waals surface area (Å²) in [5.74, 6) is -0.686. The van der Waals surface area contributed by atoms with Gasteiger partial charge in [-0.1, -0.05) is 84.0 Å². The van der Waals surface area contributed by atoms with Gasteiger partial charge >= 0.3 is 5.97 Å². The van der Waals surface area contributed by atoms with Crippen LogP contribution in [0.4, 0.5) is 0 Å². The zero-order valence-corrected chi connectivity index (χ0v) is 19.3. The van der Waals surface area contributed by atoms with Crippen LogP contribution < -0.4 is 0 Å². The molecule has 9 heteroatoms. The molecule has 0 radical (unpaired) electrons. The first kappa shape index (κ1) is 25.1. The Balaban J connectivity index is 1.61. The maximum atomic E-state index is 12.7. The number of ether oxygens (including phenoxy) is 4. The Hall–Kier alpha value is -4.01. The van der Waals surface area contributed by atoms with Gasteiger partial charge in [0.15, 0.2) is 6.29 Å². The zero-order chi connectivity index (χ0) is 25.2. The molecule has 9 nitrogen and oxygen atoms in total. The van der Waals surface area contributed by atoms with Crippen molar-refractivity contribution in [3.63, 3.8) is 0 Å². The van der Waals surface area contributed by atoms with E-state index >= 15 is 0 Å². The number of azide groups is 1. The molecule has 1 heterocycles. The fraction of sp³-hybridized carbons (Fsp3) is 0.259. The van der Waals surface area contributed by atoms with E-state index in [2.05, 4.69) is 10.0 Å². The van der Waals surface area contributed by atoms with Crippen LogP contribution in [0.1, 0.15) is 21.5 Å². The van der Waals surface area contributed by atoms with E-state index in [0.717, 1.165) is 11.1 Å². The SMILES string of the molecule is [N-]=[N+]=N[C@H]1[C@H](OC(=O)c2ccccc2)O[C@H](C=O)[C@@H](OCc2ccccc2)[C@H]1OCc1ccccc1. The van der Waals surface area contributed by atoms with Crippen LogP contribution in [0, 0.1) is 0 Å². The minimum atomic E-state index is -1.36. The standard InChI is InChI=1S/C27H25N3O6/c28-30-29-23-25(34-18-20-12-6-2-7-13-20)24(33-17-19-10-4-1-5-11-19)22(16-31)35-27(23)36-26(32)21-14-8-3-9-15-21/h1-16,22-25,27H,17-18H2/t22-,23-,24-,25+,27+/m1/s1. The Morgan fingerprint density at radius 2 is 1.39 bits per heavy atom. The quantitative estimate of drug-likeness (QED) is 0.135. The van der Waals surface area contributed by atoms with E-state index in [-0.39, 0.29) is 18.8 Å². The summed E-state index contributed by atoms with van der Waals surface area (Å²) in [6.07, 6.45) is -3.78. The highest BCUT2D eigenvalue weighted by molar-refractivity contribution is 5.89. The number of rotatable bonds is 10. The first-order valence-electron chi connectivity index (χ1n) is 11.4. The highest BCUT2D eigenvalue weighted by Gasteiger charge is 2.49. The van der Waals surface area contributed by atoms with Crippen molar-refractivity contribution >= 4 is 12.3 Å². The summed E-state index contributed by atoms with van der Waals surface area (Å²) in [5, 5.41) is 3.84. The average molecular weight is 488 g/mol. The first-order valence-corrected chi connectivity index (χ1v) is 11.4. The molecule has 0 bridgehead atoms. The fourth-order valence-corrected chi connectivity index (χ4v) is 3.90. The van der Waals surface area contributed by atoms with Crippen LogP contribution >= 0.6 is 0 Å². The molecule has 5 atom stereocenters. The Morgan fingerprint density at radius 1 is 0.861 bits per heavy atom. The summed E-state index contributed by atoms with van der Waals surface area (Å²) in [7, 11) is 0. The van der Waals surface area contributed by atoms with Gasteiger partial charge in [0.2, 0.25) is 6.29 Å². The van der Waals surface area contributed by atoms with Crippen LogP contribution in [0.25, 0.3) is 10.4 Å². The second-order valence-corrected chi connectivity index (χ2v) is 8.09. The van der Waals surface area contributed by atoms with Crippen molar-refractivity contribution in [2.75, 3.05) is 0 Å². The van der Waals surface area contributed by atoms with Gasteiger partial charge in [-0.05, 0) is 28.8 Å². The summed E-state index contributed by atoms with van der Waals surface area (Å²) in [4.78, 5) is 27.7. The van der Waals surface area contributed by atoms with Gasteiger partial charge in [0.05, 0.1) is 18.8 Å². The number of esters is 1. The molecule has 0 amide bonds. The predicted octanol–water partition coefficient (Wildman–Crippen LogP) is 4.62. The lowest BCUT2D eigenvalue weighted by atomic mass is 9.97. The maximum Gasteiger partial charge on any atom is 0.340 e. The number of benzene rings is 3. The smallest absolute Gasteiger partial charge is 0.340 e. The lowest BCUT2D eigenvalue weighted by Gasteiger charge is -2.42. The van der Waals surface area contributed by atoms with E-state index in [1.165, 1.54) is 0 Å². The van der Waals surface area contributed by atoms with Crippen molar-refractivity contribution in [2.45, 2.75) is 43.9 Å². The highest BCUT2D eigenvalue weighted by Crippen LogP contribution is 2.30. The van der Waals surface area contributed by atoms with Gasteiger partial charge in [0, 0.05) is 4.91 Å². The molecule has 0 aromatic heterocycles. The van der Waals surface area contributed by atoms with Gasteiger partial charge in [-0.2, -0.15) is 0 Å². The number of carbonyl (C=O) groups is 2. The fourth-order valence-electron chi connectivity index (χ4n) is 3.90. The van der Waals surface area contributed by atoms with Crippen LogP contribution in [-0.4, -0.2) is 42.9 Å². The van der Waals surface area contributed by atoms with Crippen LogP contribution in [-0.2, 0) is 37.0 Å². The van der Waals surface area contributed by atoms with E-state index in [4.69, 9.17) is 18.9 Å². The first-order chi connectivity index (χ1) is 17.7. The molecule has 0 spiro atoms. The molecule has 0 saturated carbocycles. The number of hydrogen-bond donors (Lipinski definition) is 0. The van der Waals surface area contributed by atoms with E-state index in [0.29, 0.717) is 6.29 Å². The molecule has 3 aromatic carbocycles. The Morgan fingerprint density at radius 3 is 1.92 bits per heavy atom. The maximum absolute atomic E-state index is 12.7. The number of aldehydes is 1. The molecular formula is C27H25N3O6. The third kappa shape index (κ3) is 6.35. The second kappa shape index (κ2) is 12.6. The van der Waals surface area contributed by atoms with Gasteiger partial charge in [-0.15, -0.1) is 0 Å². The van der Waals surface area contributed by atoms with E-state index in [1.807, 2.05) is 60.7 Å². The average Bonchev–Trinajstić information content (AvgIpc) is 2.93. The van der Waals surface area contributed by atoms with Gasteiger partial charge in [-0.25, -0.2) is 4.79 Å². The molecule has 1 fully saturated rings. The molecule has 0 aliphatic carbocycles. The highest BCUT2D eigenvalue weighted by atomic mass is 16.7. The molecule has 0 unspecified atom stereocenters. The van der Waals surface area contributed by atoms with Crippen LogP contribution in [0.5, 0.6) is 0 Å². The summed E-state index contributed by atoms with van der Waals surface area (Å²) in [6, 6.07) is 26.0. The van der Waals surface area contributed by atoms with Gasteiger partial charge in [-0.3, -0.25) is 0 Å². The Labute approximate surface area is 208 Å². The summed E-state index contributed by atoms with van der Waals surface area (Å²) >= 11 is 0. The molecule has 36 heavy (non-hydrogen) atoms. The van der Waals surface area contributed by atoms with Crippen LogP contribution in [0.2, 0.25) is 0 Å². The van der Waals surface area contributed by atoms with E-state index in [1.54, 1.807) is 30.3 Å². The largest absolute Gasteiger partial charge is 0.432 e. The van der Waals surface area contributed by atoms with Crippen molar-refractivity contribution < 1.29 is 28.5 Å². The molecule has 184 valence electrons. The molecule has 1 aliphatic heterocycles. The lowest BCUT2D eigenvalue weighted by Crippen LogP contribution is -2.60. The third-order valence-electron chi connectivity index (χ3n) is 5.68. The third-order valence-corrected chi connectivity index (χ3v) is 5.68. The lowest BCUT2D eigenvalue weighted by molar-refractivity contribution is -0.254. The number of carbonyl (C=O) groups excluding carboxylic acids is 2. The molecule has 1 aliphatic rings. The minimum Gasteiger partial charge on any atom is -0.432 e. The number of nitrogens with zero attached hydrogens (tertiary/aromatic N) is 3. The molecule has 0 N–H and O–H groups in total. The van der Waals surface area contributed by atoms with Crippen LogP contribution in [0.15, 0.2) is 96.1 Å². The molecule has 4 rings (SSSR count).